The number of nitrogens with one attached hydrogen (secondary N) is 1. The molecule has 0 fully saturated rings. The van der Waals surface area contributed by atoms with Gasteiger partial charge in [-0.3, -0.25) is 20.0 Å². The first-order valence-corrected chi connectivity index (χ1v) is 9.72. The average Bonchev–Trinajstić information content (AvgIpc) is 3.13. The Kier molecular flexibility index (Phi) is 4.94. The van der Waals surface area contributed by atoms with Crippen LogP contribution in [0.1, 0.15) is 26.0 Å². The van der Waals surface area contributed by atoms with Gasteiger partial charge >= 0.3 is 0 Å². The Hall–Kier alpha value is -3.75. The van der Waals surface area contributed by atoms with Crippen molar-refractivity contribution in [1.29, 1.82) is 0 Å². The number of pyridine rings is 1. The largest absolute Gasteiger partial charge is 0.383 e. The number of nitro benzene ring substituents is 1. The fourth-order valence-electron chi connectivity index (χ4n) is 3.67. The molecule has 30 heavy (non-hydrogen) atoms. The van der Waals surface area contributed by atoms with Crippen LogP contribution in [0.3, 0.4) is 0 Å². The number of carbonyl (C=O) groups is 1. The SMILES string of the molecule is CC(C)C(=O)N1CC=C(c2cc(-c3ccc([N+](=O)[O-])cc3)c3c(N)[nH]nc3n2)CC1. The van der Waals surface area contributed by atoms with Crippen molar-refractivity contribution in [1.82, 2.24) is 20.1 Å². The second-order valence-corrected chi connectivity index (χ2v) is 7.61. The van der Waals surface area contributed by atoms with Crippen LogP contribution in [0.2, 0.25) is 0 Å². The van der Waals surface area contributed by atoms with Gasteiger partial charge in [-0.1, -0.05) is 19.9 Å². The molecule has 9 nitrogen and oxygen atoms in total. The minimum absolute atomic E-state index is 0.0225. The zero-order chi connectivity index (χ0) is 21.4. The summed E-state index contributed by atoms with van der Waals surface area (Å²) in [7, 11) is 0. The van der Waals surface area contributed by atoms with Crippen molar-refractivity contribution in [2.45, 2.75) is 20.3 Å². The highest BCUT2D eigenvalue weighted by molar-refractivity contribution is 6.01. The van der Waals surface area contributed by atoms with Crippen LogP contribution < -0.4 is 5.73 Å². The fraction of sp³-hybridized carbons (Fsp3) is 0.286. The zero-order valence-electron chi connectivity index (χ0n) is 16.8. The number of nitrogen functional groups attached to an aromatic ring is 1. The molecule has 3 aromatic rings. The molecule has 0 saturated carbocycles. The van der Waals surface area contributed by atoms with Crippen molar-refractivity contribution < 1.29 is 9.72 Å². The molecule has 3 heterocycles. The molecule has 0 unspecified atom stereocenters. The first-order chi connectivity index (χ1) is 14.3. The van der Waals surface area contributed by atoms with Crippen molar-refractivity contribution in [3.05, 3.63) is 52.2 Å². The van der Waals surface area contributed by atoms with Crippen LogP contribution in [0.5, 0.6) is 0 Å². The van der Waals surface area contributed by atoms with Crippen LogP contribution in [0.15, 0.2) is 36.4 Å². The number of nitrogens with zero attached hydrogens (tertiary/aromatic N) is 4. The lowest BCUT2D eigenvalue weighted by atomic mass is 9.97. The van der Waals surface area contributed by atoms with Gasteiger partial charge in [0.25, 0.3) is 5.69 Å². The number of nitrogens with two attached hydrogens (primary N) is 1. The van der Waals surface area contributed by atoms with Gasteiger partial charge in [-0.2, -0.15) is 5.10 Å². The molecule has 0 atom stereocenters. The number of non-ortho nitro benzene ring substituents is 1. The monoisotopic (exact) mass is 406 g/mol. The normalized spacial score (nSPS) is 14.2. The van der Waals surface area contributed by atoms with Gasteiger partial charge in [0.1, 0.15) is 5.82 Å². The van der Waals surface area contributed by atoms with E-state index in [9.17, 15) is 14.9 Å². The van der Waals surface area contributed by atoms with E-state index in [2.05, 4.69) is 15.2 Å². The molecule has 0 radical (unpaired) electrons. The number of carbonyl (C=O) groups excluding carboxylic acids is 1. The molecule has 9 heteroatoms. The van der Waals surface area contributed by atoms with E-state index >= 15 is 0 Å². The summed E-state index contributed by atoms with van der Waals surface area (Å²) < 4.78 is 0. The Balaban J connectivity index is 1.74. The van der Waals surface area contributed by atoms with E-state index in [1.54, 1.807) is 12.1 Å². The Morgan fingerprint density at radius 1 is 1.30 bits per heavy atom. The van der Waals surface area contributed by atoms with E-state index < -0.39 is 4.92 Å². The van der Waals surface area contributed by atoms with E-state index in [1.807, 2.05) is 30.9 Å². The predicted molar refractivity (Wildman–Crippen MR) is 114 cm³/mol. The summed E-state index contributed by atoms with van der Waals surface area (Å²) in [5, 5.41) is 18.6. The van der Waals surface area contributed by atoms with Crippen LogP contribution >= 0.6 is 0 Å². The Morgan fingerprint density at radius 2 is 2.03 bits per heavy atom. The second kappa shape index (κ2) is 7.58. The van der Waals surface area contributed by atoms with E-state index in [0.29, 0.717) is 36.4 Å². The van der Waals surface area contributed by atoms with Crippen LogP contribution in [0.25, 0.3) is 27.7 Å². The van der Waals surface area contributed by atoms with Crippen LogP contribution in [0.4, 0.5) is 11.5 Å². The summed E-state index contributed by atoms with van der Waals surface area (Å²) in [6.45, 7) is 4.98. The molecular formula is C21H22N6O3. The van der Waals surface area contributed by atoms with E-state index in [-0.39, 0.29) is 17.5 Å². The summed E-state index contributed by atoms with van der Waals surface area (Å²) >= 11 is 0. The molecule has 4 rings (SSSR count). The number of anilines is 1. The average molecular weight is 406 g/mol. The number of hydrogen-bond acceptors (Lipinski definition) is 6. The summed E-state index contributed by atoms with van der Waals surface area (Å²) in [5.74, 6) is 0.499. The first-order valence-electron chi connectivity index (χ1n) is 9.72. The van der Waals surface area contributed by atoms with Gasteiger partial charge in [0.05, 0.1) is 16.0 Å². The Morgan fingerprint density at radius 3 is 2.63 bits per heavy atom. The summed E-state index contributed by atoms with van der Waals surface area (Å²) in [4.78, 5) is 29.3. The molecule has 1 aromatic carbocycles. The lowest BCUT2D eigenvalue weighted by Gasteiger charge is -2.28. The van der Waals surface area contributed by atoms with Crippen LogP contribution in [-0.4, -0.2) is 44.0 Å². The van der Waals surface area contributed by atoms with Gasteiger partial charge in [-0.15, -0.1) is 0 Å². The Bertz CT molecular complexity index is 1160. The summed E-state index contributed by atoms with van der Waals surface area (Å²) in [6, 6.07) is 8.25. The van der Waals surface area contributed by atoms with Crippen molar-refractivity contribution in [2.75, 3.05) is 18.8 Å². The number of aromatic nitrogens is 3. The summed E-state index contributed by atoms with van der Waals surface area (Å²) in [5.41, 5.74) is 9.97. The molecule has 0 saturated heterocycles. The van der Waals surface area contributed by atoms with Gasteiger partial charge in [0.15, 0.2) is 5.65 Å². The van der Waals surface area contributed by atoms with Crippen molar-refractivity contribution in [2.24, 2.45) is 5.92 Å². The predicted octanol–water partition coefficient (Wildman–Crippen LogP) is 3.39. The van der Waals surface area contributed by atoms with Gasteiger partial charge in [0, 0.05) is 31.1 Å². The van der Waals surface area contributed by atoms with Gasteiger partial charge < -0.3 is 10.6 Å². The maximum absolute atomic E-state index is 12.2. The highest BCUT2D eigenvalue weighted by Crippen LogP contribution is 2.34. The fourth-order valence-corrected chi connectivity index (χ4v) is 3.67. The van der Waals surface area contributed by atoms with E-state index in [1.165, 1.54) is 12.1 Å². The number of H-pyrrole nitrogens is 1. The molecule has 1 amide bonds. The molecule has 0 spiro atoms. The third kappa shape index (κ3) is 3.49. The maximum Gasteiger partial charge on any atom is 0.269 e. The third-order valence-electron chi connectivity index (χ3n) is 5.28. The molecule has 0 bridgehead atoms. The standard InChI is InChI=1S/C21H22N6O3/c1-12(2)21(28)26-9-7-14(8-10-26)17-11-16(18-19(22)24-25-20(18)23-17)13-3-5-15(6-4-13)27(29)30/h3-7,11-12H,8-10H2,1-2H3,(H3,22,23,24,25). The molecule has 1 aliphatic rings. The van der Waals surface area contributed by atoms with Gasteiger partial charge in [0.2, 0.25) is 5.91 Å². The number of aromatic amines is 1. The molecular weight excluding hydrogens is 384 g/mol. The molecule has 3 N–H and O–H groups in total. The minimum atomic E-state index is -0.430. The molecule has 0 aliphatic carbocycles. The van der Waals surface area contributed by atoms with E-state index in [0.717, 1.165) is 22.4 Å². The number of nitro groups is 1. The van der Waals surface area contributed by atoms with Crippen LogP contribution in [-0.2, 0) is 4.79 Å². The van der Waals surface area contributed by atoms with Gasteiger partial charge in [-0.05, 0) is 41.3 Å². The topological polar surface area (TPSA) is 131 Å². The molecule has 154 valence electrons. The smallest absolute Gasteiger partial charge is 0.269 e. The number of amides is 1. The highest BCUT2D eigenvalue weighted by atomic mass is 16.6. The molecule has 2 aromatic heterocycles. The van der Waals surface area contributed by atoms with Crippen molar-refractivity contribution in [3.63, 3.8) is 0 Å². The first kappa shape index (κ1) is 19.6. The van der Waals surface area contributed by atoms with E-state index in [4.69, 9.17) is 5.73 Å². The minimum Gasteiger partial charge on any atom is -0.383 e. The van der Waals surface area contributed by atoms with Crippen molar-refractivity contribution in [3.8, 4) is 11.1 Å². The maximum atomic E-state index is 12.2. The quantitative estimate of drug-likeness (QED) is 0.504. The van der Waals surface area contributed by atoms with Gasteiger partial charge in [-0.25, -0.2) is 4.98 Å². The number of benzene rings is 1. The van der Waals surface area contributed by atoms with Crippen molar-refractivity contribution >= 4 is 34.0 Å². The number of fused-ring (bicyclic) bond motifs is 1. The number of hydrogen-bond donors (Lipinski definition) is 2. The lowest BCUT2D eigenvalue weighted by Crippen LogP contribution is -2.37. The molecule has 1 aliphatic heterocycles. The second-order valence-electron chi connectivity index (χ2n) is 7.61. The number of rotatable bonds is 4. The zero-order valence-corrected chi connectivity index (χ0v) is 16.8. The highest BCUT2D eigenvalue weighted by Gasteiger charge is 2.22. The third-order valence-corrected chi connectivity index (χ3v) is 5.28. The summed E-state index contributed by atoms with van der Waals surface area (Å²) in [6.07, 6.45) is 2.71. The lowest BCUT2D eigenvalue weighted by molar-refractivity contribution is -0.384. The Labute approximate surface area is 172 Å². The van der Waals surface area contributed by atoms with Crippen LogP contribution in [0, 0.1) is 16.0 Å².